The highest BCUT2D eigenvalue weighted by atomic mass is 16.6. The van der Waals surface area contributed by atoms with Crippen molar-refractivity contribution in [3.63, 3.8) is 0 Å². The minimum absolute atomic E-state index is 0.185. The number of ether oxygens (including phenoxy) is 4. The average Bonchev–Trinajstić information content (AvgIpc) is 3.39. The van der Waals surface area contributed by atoms with E-state index in [-0.39, 0.29) is 30.9 Å². The number of pyridine rings is 1. The largest absolute Gasteiger partial charge is 0.484 e. The van der Waals surface area contributed by atoms with Crippen molar-refractivity contribution in [1.82, 2.24) is 19.5 Å². The van der Waals surface area contributed by atoms with Crippen molar-refractivity contribution in [1.29, 1.82) is 0 Å². The van der Waals surface area contributed by atoms with E-state index in [1.54, 1.807) is 35.2 Å². The van der Waals surface area contributed by atoms with Crippen molar-refractivity contribution in [3.05, 3.63) is 77.0 Å². The van der Waals surface area contributed by atoms with Gasteiger partial charge in [0.05, 0.1) is 11.9 Å². The van der Waals surface area contributed by atoms with Gasteiger partial charge in [-0.2, -0.15) is 4.98 Å². The van der Waals surface area contributed by atoms with Gasteiger partial charge in [-0.25, -0.2) is 14.8 Å². The molecule has 3 aromatic heterocycles. The van der Waals surface area contributed by atoms with Crippen molar-refractivity contribution in [2.75, 3.05) is 13.2 Å². The number of fused-ring (bicyclic) bond motifs is 4. The van der Waals surface area contributed by atoms with Crippen molar-refractivity contribution in [2.24, 2.45) is 0 Å². The molecule has 0 radical (unpaired) electrons. The van der Waals surface area contributed by atoms with Crippen LogP contribution in [0.1, 0.15) is 11.5 Å². The fourth-order valence-electron chi connectivity index (χ4n) is 4.04. The highest BCUT2D eigenvalue weighted by molar-refractivity contribution is 5.67. The summed E-state index contributed by atoms with van der Waals surface area (Å²) in [6.07, 6.45) is 5.09. The zero-order chi connectivity index (χ0) is 22.9. The molecule has 10 heteroatoms. The normalized spacial score (nSPS) is 15.8. The van der Waals surface area contributed by atoms with Crippen LogP contribution < -0.4 is 24.6 Å². The minimum atomic E-state index is -0.349. The molecule has 1 atom stereocenters. The van der Waals surface area contributed by atoms with Crippen molar-refractivity contribution < 1.29 is 23.4 Å². The van der Waals surface area contributed by atoms with Crippen LogP contribution in [0.2, 0.25) is 0 Å². The molecule has 0 saturated carbocycles. The Kier molecular flexibility index (Phi) is 5.10. The second-order valence-corrected chi connectivity index (χ2v) is 7.87. The Labute approximate surface area is 193 Å². The van der Waals surface area contributed by atoms with E-state index in [2.05, 4.69) is 15.0 Å². The van der Waals surface area contributed by atoms with Gasteiger partial charge in [0.1, 0.15) is 25.2 Å². The molecule has 2 aliphatic heterocycles. The number of hydrogen-bond acceptors (Lipinski definition) is 9. The first kappa shape index (κ1) is 20.3. The summed E-state index contributed by atoms with van der Waals surface area (Å²) in [5, 5.41) is 0. The Hall–Kier alpha value is -4.34. The number of hydrogen-bond donors (Lipinski definition) is 0. The van der Waals surface area contributed by atoms with E-state index >= 15 is 0 Å². The summed E-state index contributed by atoms with van der Waals surface area (Å²) < 4.78 is 30.0. The lowest BCUT2D eigenvalue weighted by atomic mass is 9.97. The lowest BCUT2D eigenvalue weighted by molar-refractivity contribution is 0.0486. The van der Waals surface area contributed by atoms with Crippen molar-refractivity contribution in [3.8, 4) is 34.5 Å². The molecule has 5 heterocycles. The molecule has 6 rings (SSSR count). The Morgan fingerprint density at radius 1 is 1.12 bits per heavy atom. The maximum Gasteiger partial charge on any atom is 0.351 e. The molecule has 0 spiro atoms. The third-order valence-electron chi connectivity index (χ3n) is 5.64. The van der Waals surface area contributed by atoms with Crippen LogP contribution >= 0.6 is 0 Å². The van der Waals surface area contributed by atoms with Crippen LogP contribution in [0.4, 0.5) is 0 Å². The van der Waals surface area contributed by atoms with Crippen LogP contribution in [0.15, 0.2) is 64.3 Å². The molecule has 34 heavy (non-hydrogen) atoms. The maximum absolute atomic E-state index is 12.7. The molecule has 1 unspecified atom stereocenters. The average molecular weight is 460 g/mol. The molecule has 2 aliphatic rings. The molecule has 0 aliphatic carbocycles. The summed E-state index contributed by atoms with van der Waals surface area (Å²) in [5.41, 5.74) is 2.43. The van der Waals surface area contributed by atoms with Gasteiger partial charge in [-0.3, -0.25) is 4.57 Å². The summed E-state index contributed by atoms with van der Waals surface area (Å²) in [5.74, 6) is 2.49. The van der Waals surface area contributed by atoms with Crippen LogP contribution in [0.25, 0.3) is 11.3 Å². The van der Waals surface area contributed by atoms with Gasteiger partial charge in [-0.1, -0.05) is 0 Å². The minimum Gasteiger partial charge on any atom is -0.484 e. The van der Waals surface area contributed by atoms with E-state index in [9.17, 15) is 4.79 Å². The molecule has 1 aromatic carbocycles. The Morgan fingerprint density at radius 2 is 2.09 bits per heavy atom. The Balaban J connectivity index is 1.19. The molecule has 0 fully saturated rings. The second-order valence-electron chi connectivity index (χ2n) is 7.87. The predicted octanol–water partition coefficient (Wildman–Crippen LogP) is 2.65. The third kappa shape index (κ3) is 3.94. The molecule has 0 amide bonds. The van der Waals surface area contributed by atoms with Gasteiger partial charge in [-0.05, 0) is 42.3 Å². The van der Waals surface area contributed by atoms with Gasteiger partial charge < -0.3 is 23.4 Å². The Morgan fingerprint density at radius 3 is 3.00 bits per heavy atom. The van der Waals surface area contributed by atoms with Gasteiger partial charge in [0, 0.05) is 24.4 Å². The highest BCUT2D eigenvalue weighted by Gasteiger charge is 2.24. The summed E-state index contributed by atoms with van der Waals surface area (Å²) in [7, 11) is 0. The third-order valence-corrected chi connectivity index (χ3v) is 5.64. The molecule has 172 valence electrons. The molecule has 4 aromatic rings. The first-order chi connectivity index (χ1) is 16.7. The summed E-state index contributed by atoms with van der Waals surface area (Å²) >= 11 is 0. The highest BCUT2D eigenvalue weighted by Crippen LogP contribution is 2.33. The summed E-state index contributed by atoms with van der Waals surface area (Å²) in [6, 6.07) is 11.1. The SMILES string of the molecule is O=c1nc(OCC2COc3ncccc3O2)cc2n1CCc1cc(OCc3ncco3)ccc1-2. The van der Waals surface area contributed by atoms with E-state index in [0.29, 0.717) is 42.8 Å². The maximum atomic E-state index is 12.7. The molecule has 0 saturated heterocycles. The van der Waals surface area contributed by atoms with E-state index in [4.69, 9.17) is 23.4 Å². The van der Waals surface area contributed by atoms with Crippen LogP contribution in [0.3, 0.4) is 0 Å². The van der Waals surface area contributed by atoms with Gasteiger partial charge in [0.15, 0.2) is 18.5 Å². The first-order valence-electron chi connectivity index (χ1n) is 10.9. The predicted molar refractivity (Wildman–Crippen MR) is 118 cm³/mol. The van der Waals surface area contributed by atoms with Gasteiger partial charge in [-0.15, -0.1) is 0 Å². The lowest BCUT2D eigenvalue weighted by Gasteiger charge is -2.25. The fourth-order valence-corrected chi connectivity index (χ4v) is 4.04. The van der Waals surface area contributed by atoms with E-state index < -0.39 is 0 Å². The van der Waals surface area contributed by atoms with Gasteiger partial charge in [0.25, 0.3) is 5.88 Å². The summed E-state index contributed by atoms with van der Waals surface area (Å²) in [4.78, 5) is 25.0. The molecule has 0 N–H and O–H groups in total. The molecular formula is C24H20N4O6. The zero-order valence-corrected chi connectivity index (χ0v) is 18.0. The van der Waals surface area contributed by atoms with Crippen LogP contribution in [0.5, 0.6) is 23.3 Å². The molecular weight excluding hydrogens is 440 g/mol. The number of aryl methyl sites for hydroxylation is 1. The lowest BCUT2D eigenvalue weighted by Crippen LogP contribution is -2.35. The van der Waals surface area contributed by atoms with E-state index in [0.717, 1.165) is 16.8 Å². The van der Waals surface area contributed by atoms with E-state index in [1.165, 1.54) is 6.26 Å². The number of benzene rings is 1. The smallest absolute Gasteiger partial charge is 0.351 e. The van der Waals surface area contributed by atoms with Gasteiger partial charge >= 0.3 is 5.69 Å². The standard InChI is InChI=1S/C24H20N4O6/c29-24-27-21(32-12-17-13-33-23-20(34-17)2-1-6-26-23)11-19-18-4-3-16(10-15(18)5-8-28(19)24)31-14-22-25-7-9-30-22/h1-4,6-7,9-11,17H,5,8,12-14H2. The van der Waals surface area contributed by atoms with Crippen LogP contribution in [0, 0.1) is 0 Å². The second kappa shape index (κ2) is 8.54. The van der Waals surface area contributed by atoms with Crippen molar-refractivity contribution >= 4 is 0 Å². The quantitative estimate of drug-likeness (QED) is 0.429. The number of oxazole rings is 1. The fraction of sp³-hybridized carbons (Fsp3) is 0.250. The monoisotopic (exact) mass is 460 g/mol. The zero-order valence-electron chi connectivity index (χ0n) is 18.0. The number of aromatic nitrogens is 4. The Bertz CT molecular complexity index is 1380. The number of rotatable bonds is 6. The van der Waals surface area contributed by atoms with Gasteiger partial charge in [0.2, 0.25) is 11.8 Å². The van der Waals surface area contributed by atoms with E-state index in [1.807, 2.05) is 18.2 Å². The number of nitrogens with zero attached hydrogens (tertiary/aromatic N) is 4. The van der Waals surface area contributed by atoms with Crippen LogP contribution in [-0.2, 0) is 19.6 Å². The summed E-state index contributed by atoms with van der Waals surface area (Å²) in [6.45, 7) is 1.26. The molecule has 10 nitrogen and oxygen atoms in total. The van der Waals surface area contributed by atoms with Crippen LogP contribution in [-0.4, -0.2) is 38.8 Å². The topological polar surface area (TPSA) is 111 Å². The first-order valence-corrected chi connectivity index (χ1v) is 10.9. The van der Waals surface area contributed by atoms with Crippen molar-refractivity contribution in [2.45, 2.75) is 25.7 Å². The molecule has 0 bridgehead atoms.